The SMILES string of the molecule is CCOc1c(OC)cccc1[C@@H]1CC(=O)Nc2cc(OC)cc(OC)c21. The predicted molar refractivity (Wildman–Crippen MR) is 98.8 cm³/mol. The minimum atomic E-state index is -0.212. The Morgan fingerprint density at radius 3 is 2.50 bits per heavy atom. The Morgan fingerprint density at radius 2 is 1.85 bits per heavy atom. The van der Waals surface area contributed by atoms with Crippen molar-refractivity contribution < 1.29 is 23.7 Å². The minimum Gasteiger partial charge on any atom is -0.497 e. The minimum absolute atomic E-state index is 0.0666. The van der Waals surface area contributed by atoms with Gasteiger partial charge in [0.2, 0.25) is 5.91 Å². The van der Waals surface area contributed by atoms with Crippen LogP contribution in [0.1, 0.15) is 30.4 Å². The molecule has 2 aromatic rings. The number of amides is 1. The van der Waals surface area contributed by atoms with Crippen molar-refractivity contribution in [3.63, 3.8) is 0 Å². The first-order chi connectivity index (χ1) is 12.6. The number of fused-ring (bicyclic) bond motifs is 1. The Morgan fingerprint density at radius 1 is 1.08 bits per heavy atom. The van der Waals surface area contributed by atoms with Crippen LogP contribution in [-0.4, -0.2) is 33.8 Å². The Balaban J connectivity index is 2.21. The summed E-state index contributed by atoms with van der Waals surface area (Å²) in [6.07, 6.45) is 0.295. The number of para-hydroxylation sites is 1. The highest BCUT2D eigenvalue weighted by molar-refractivity contribution is 5.96. The topological polar surface area (TPSA) is 66.0 Å². The normalized spacial score (nSPS) is 15.7. The van der Waals surface area contributed by atoms with Crippen LogP contribution in [-0.2, 0) is 4.79 Å². The maximum absolute atomic E-state index is 12.4. The molecule has 3 rings (SSSR count). The van der Waals surface area contributed by atoms with Crippen molar-refractivity contribution in [1.29, 1.82) is 0 Å². The lowest BCUT2D eigenvalue weighted by Gasteiger charge is -2.29. The molecule has 2 aromatic carbocycles. The summed E-state index contributed by atoms with van der Waals surface area (Å²) in [5.41, 5.74) is 2.49. The van der Waals surface area contributed by atoms with Gasteiger partial charge >= 0.3 is 0 Å². The summed E-state index contributed by atoms with van der Waals surface area (Å²) in [5, 5.41) is 2.92. The van der Waals surface area contributed by atoms with E-state index in [0.29, 0.717) is 41.7 Å². The molecule has 1 heterocycles. The number of hydrogen-bond acceptors (Lipinski definition) is 5. The summed E-state index contributed by atoms with van der Waals surface area (Å²) in [5.74, 6) is 2.30. The molecule has 138 valence electrons. The lowest BCUT2D eigenvalue weighted by Crippen LogP contribution is -2.24. The number of methoxy groups -OCH3 is 3. The van der Waals surface area contributed by atoms with Crippen molar-refractivity contribution >= 4 is 11.6 Å². The lowest BCUT2D eigenvalue weighted by molar-refractivity contribution is -0.116. The van der Waals surface area contributed by atoms with E-state index in [1.54, 1.807) is 21.3 Å². The molecule has 0 saturated heterocycles. The number of carbonyl (C=O) groups excluding carboxylic acids is 1. The third kappa shape index (κ3) is 3.14. The summed E-state index contributed by atoms with van der Waals surface area (Å²) in [6, 6.07) is 9.35. The van der Waals surface area contributed by atoms with Crippen LogP contribution in [0.2, 0.25) is 0 Å². The van der Waals surface area contributed by atoms with E-state index in [4.69, 9.17) is 18.9 Å². The van der Waals surface area contributed by atoms with Gasteiger partial charge in [0.1, 0.15) is 11.5 Å². The van der Waals surface area contributed by atoms with Gasteiger partial charge in [-0.2, -0.15) is 0 Å². The number of carbonyl (C=O) groups is 1. The first-order valence-corrected chi connectivity index (χ1v) is 8.48. The molecule has 26 heavy (non-hydrogen) atoms. The van der Waals surface area contributed by atoms with Crippen LogP contribution < -0.4 is 24.3 Å². The molecule has 0 bridgehead atoms. The van der Waals surface area contributed by atoms with Crippen LogP contribution in [0.15, 0.2) is 30.3 Å². The quantitative estimate of drug-likeness (QED) is 0.856. The average Bonchev–Trinajstić information content (AvgIpc) is 2.66. The number of ether oxygens (including phenoxy) is 4. The number of benzene rings is 2. The predicted octanol–water partition coefficient (Wildman–Crippen LogP) is 3.59. The molecule has 1 atom stereocenters. The smallest absolute Gasteiger partial charge is 0.225 e. The van der Waals surface area contributed by atoms with Gasteiger partial charge in [-0.1, -0.05) is 12.1 Å². The van der Waals surface area contributed by atoms with Gasteiger partial charge in [0.05, 0.1) is 33.6 Å². The van der Waals surface area contributed by atoms with Crippen molar-refractivity contribution in [2.75, 3.05) is 33.3 Å². The van der Waals surface area contributed by atoms with Crippen LogP contribution in [0.25, 0.3) is 0 Å². The van der Waals surface area contributed by atoms with Crippen molar-refractivity contribution in [2.24, 2.45) is 0 Å². The molecule has 0 aliphatic carbocycles. The van der Waals surface area contributed by atoms with Crippen molar-refractivity contribution in [1.82, 2.24) is 0 Å². The summed E-state index contributed by atoms with van der Waals surface area (Å²) < 4.78 is 22.2. The number of anilines is 1. The van der Waals surface area contributed by atoms with Crippen molar-refractivity contribution in [2.45, 2.75) is 19.3 Å². The molecule has 6 nitrogen and oxygen atoms in total. The molecular weight excluding hydrogens is 334 g/mol. The van der Waals surface area contributed by atoms with Gasteiger partial charge in [-0.25, -0.2) is 0 Å². The molecule has 6 heteroatoms. The van der Waals surface area contributed by atoms with E-state index in [2.05, 4.69) is 5.32 Å². The van der Waals surface area contributed by atoms with E-state index < -0.39 is 0 Å². The van der Waals surface area contributed by atoms with Crippen LogP contribution in [0, 0.1) is 0 Å². The number of nitrogens with one attached hydrogen (secondary N) is 1. The highest BCUT2D eigenvalue weighted by Crippen LogP contribution is 2.48. The van der Waals surface area contributed by atoms with Crippen molar-refractivity contribution in [3.05, 3.63) is 41.5 Å². The zero-order valence-corrected chi connectivity index (χ0v) is 15.4. The second-order valence-corrected chi connectivity index (χ2v) is 5.91. The first-order valence-electron chi connectivity index (χ1n) is 8.48. The van der Waals surface area contributed by atoms with Gasteiger partial charge in [-0.3, -0.25) is 4.79 Å². The average molecular weight is 357 g/mol. The van der Waals surface area contributed by atoms with Gasteiger partial charge in [0, 0.05) is 35.6 Å². The van der Waals surface area contributed by atoms with Crippen LogP contribution in [0.3, 0.4) is 0 Å². The van der Waals surface area contributed by atoms with E-state index in [0.717, 1.165) is 11.1 Å². The Kier molecular flexibility index (Phi) is 5.21. The Labute approximate surface area is 153 Å². The molecule has 0 radical (unpaired) electrons. The fourth-order valence-electron chi connectivity index (χ4n) is 3.37. The van der Waals surface area contributed by atoms with Crippen LogP contribution >= 0.6 is 0 Å². The van der Waals surface area contributed by atoms with Gasteiger partial charge in [-0.05, 0) is 13.0 Å². The monoisotopic (exact) mass is 357 g/mol. The second-order valence-electron chi connectivity index (χ2n) is 5.91. The number of rotatable bonds is 6. The largest absolute Gasteiger partial charge is 0.497 e. The highest BCUT2D eigenvalue weighted by atomic mass is 16.5. The summed E-state index contributed by atoms with van der Waals surface area (Å²) in [6.45, 7) is 2.42. The maximum Gasteiger partial charge on any atom is 0.225 e. The second kappa shape index (κ2) is 7.56. The highest BCUT2D eigenvalue weighted by Gasteiger charge is 2.33. The summed E-state index contributed by atoms with van der Waals surface area (Å²) >= 11 is 0. The standard InChI is InChI=1S/C20H23NO5/c1-5-26-20-13(7-6-8-16(20)24-3)14-11-18(22)21-15-9-12(23-2)10-17(25-4)19(14)15/h6-10,14H,5,11H2,1-4H3,(H,21,22)/t14-/m0/s1. The first kappa shape index (κ1) is 17.9. The molecule has 0 fully saturated rings. The molecule has 1 aliphatic rings. The molecule has 0 spiro atoms. The third-order valence-corrected chi connectivity index (χ3v) is 4.48. The van der Waals surface area contributed by atoms with E-state index in [1.165, 1.54) is 0 Å². The van der Waals surface area contributed by atoms with Gasteiger partial charge in [0.25, 0.3) is 0 Å². The fourth-order valence-corrected chi connectivity index (χ4v) is 3.37. The molecular formula is C20H23NO5. The molecule has 1 N–H and O–H groups in total. The van der Waals surface area contributed by atoms with E-state index in [9.17, 15) is 4.79 Å². The van der Waals surface area contributed by atoms with E-state index in [-0.39, 0.29) is 11.8 Å². The van der Waals surface area contributed by atoms with Crippen LogP contribution in [0.4, 0.5) is 5.69 Å². The summed E-state index contributed by atoms with van der Waals surface area (Å²) in [7, 11) is 4.80. The molecule has 0 unspecified atom stereocenters. The maximum atomic E-state index is 12.4. The van der Waals surface area contributed by atoms with Crippen molar-refractivity contribution in [3.8, 4) is 23.0 Å². The molecule has 1 amide bonds. The third-order valence-electron chi connectivity index (χ3n) is 4.48. The lowest BCUT2D eigenvalue weighted by atomic mass is 9.83. The molecule has 1 aliphatic heterocycles. The van der Waals surface area contributed by atoms with E-state index in [1.807, 2.05) is 37.3 Å². The molecule has 0 saturated carbocycles. The zero-order valence-electron chi connectivity index (χ0n) is 15.4. The van der Waals surface area contributed by atoms with E-state index >= 15 is 0 Å². The Bertz CT molecular complexity index is 818. The summed E-state index contributed by atoms with van der Waals surface area (Å²) in [4.78, 5) is 12.4. The van der Waals surface area contributed by atoms with Gasteiger partial charge in [-0.15, -0.1) is 0 Å². The zero-order chi connectivity index (χ0) is 18.7. The Hall–Kier alpha value is -2.89. The van der Waals surface area contributed by atoms with Gasteiger partial charge < -0.3 is 24.3 Å². The fraction of sp³-hybridized carbons (Fsp3) is 0.350. The van der Waals surface area contributed by atoms with Crippen LogP contribution in [0.5, 0.6) is 23.0 Å². The van der Waals surface area contributed by atoms with Gasteiger partial charge in [0.15, 0.2) is 11.5 Å². The number of hydrogen-bond donors (Lipinski definition) is 1. The molecule has 0 aromatic heterocycles.